The van der Waals surface area contributed by atoms with Gasteiger partial charge in [-0.05, 0) is 30.5 Å². The van der Waals surface area contributed by atoms with Crippen LogP contribution >= 0.6 is 15.9 Å². The minimum Gasteiger partial charge on any atom is -0.0654 e. The van der Waals surface area contributed by atoms with Crippen LogP contribution in [0.25, 0.3) is 0 Å². The van der Waals surface area contributed by atoms with Gasteiger partial charge in [-0.2, -0.15) is 0 Å². The van der Waals surface area contributed by atoms with E-state index in [0.29, 0.717) is 0 Å². The minimum atomic E-state index is 1.17. The lowest BCUT2D eigenvalue weighted by molar-refractivity contribution is 0.717. The molecule has 1 rings (SSSR count). The first-order valence-electron chi connectivity index (χ1n) is 4.57. The second-order valence-corrected chi connectivity index (χ2v) is 4.00. The second-order valence-electron chi connectivity index (χ2n) is 3.08. The number of unbranched alkanes of at least 4 members (excludes halogenated alkanes) is 2. The zero-order chi connectivity index (χ0) is 8.81. The van der Waals surface area contributed by atoms with Crippen molar-refractivity contribution in [2.24, 2.45) is 0 Å². The molecular formula is C11H15Br. The van der Waals surface area contributed by atoms with Crippen molar-refractivity contribution in [2.45, 2.75) is 32.6 Å². The molecule has 0 amide bonds. The third-order valence-corrected chi connectivity index (χ3v) is 2.51. The van der Waals surface area contributed by atoms with Gasteiger partial charge in [0, 0.05) is 4.47 Å². The number of rotatable bonds is 4. The Kier molecular flexibility index (Phi) is 4.37. The van der Waals surface area contributed by atoms with Gasteiger partial charge >= 0.3 is 0 Å². The molecule has 0 aliphatic rings. The molecule has 0 saturated heterocycles. The topological polar surface area (TPSA) is 0 Å². The lowest BCUT2D eigenvalue weighted by Gasteiger charge is -1.99. The fraction of sp³-hybridized carbons (Fsp3) is 0.455. The van der Waals surface area contributed by atoms with Crippen molar-refractivity contribution >= 4 is 15.9 Å². The summed E-state index contributed by atoms with van der Waals surface area (Å²) in [6.45, 7) is 2.24. The molecule has 0 aliphatic carbocycles. The molecule has 0 saturated carbocycles. The van der Waals surface area contributed by atoms with Gasteiger partial charge < -0.3 is 0 Å². The van der Waals surface area contributed by atoms with Crippen molar-refractivity contribution < 1.29 is 0 Å². The zero-order valence-electron chi connectivity index (χ0n) is 7.52. The highest BCUT2D eigenvalue weighted by Crippen LogP contribution is 2.12. The Balaban J connectivity index is 2.37. The summed E-state index contributed by atoms with van der Waals surface area (Å²) in [4.78, 5) is 0. The molecule has 0 aromatic heterocycles. The Morgan fingerprint density at radius 2 is 1.75 bits per heavy atom. The molecule has 0 N–H and O–H groups in total. The van der Waals surface area contributed by atoms with Crippen LogP contribution < -0.4 is 0 Å². The number of benzene rings is 1. The average molecular weight is 227 g/mol. The molecule has 0 atom stereocenters. The molecular weight excluding hydrogens is 212 g/mol. The van der Waals surface area contributed by atoms with Gasteiger partial charge in [0.25, 0.3) is 0 Å². The monoisotopic (exact) mass is 226 g/mol. The van der Waals surface area contributed by atoms with E-state index in [1.54, 1.807) is 0 Å². The lowest BCUT2D eigenvalue weighted by atomic mass is 10.1. The van der Waals surface area contributed by atoms with E-state index >= 15 is 0 Å². The molecule has 1 aromatic carbocycles. The fourth-order valence-corrected chi connectivity index (χ4v) is 1.49. The smallest absolute Gasteiger partial charge is 0.0175 e. The molecule has 0 nitrogen and oxygen atoms in total. The second kappa shape index (κ2) is 5.36. The maximum Gasteiger partial charge on any atom is 0.0175 e. The predicted molar refractivity (Wildman–Crippen MR) is 57.4 cm³/mol. The summed E-state index contributed by atoms with van der Waals surface area (Å²) in [5, 5.41) is 0. The third kappa shape index (κ3) is 3.40. The third-order valence-electron chi connectivity index (χ3n) is 1.98. The van der Waals surface area contributed by atoms with Gasteiger partial charge in [0.05, 0.1) is 0 Å². The predicted octanol–water partition coefficient (Wildman–Crippen LogP) is 4.18. The summed E-state index contributed by atoms with van der Waals surface area (Å²) in [5.74, 6) is 0. The Bertz CT molecular complexity index is 213. The first-order chi connectivity index (χ1) is 5.83. The van der Waals surface area contributed by atoms with Crippen LogP contribution in [-0.2, 0) is 6.42 Å². The van der Waals surface area contributed by atoms with Gasteiger partial charge in [-0.15, -0.1) is 0 Å². The SMILES string of the molecule is CCCCCc1ccc(Br)cc1. The molecule has 66 valence electrons. The molecule has 12 heavy (non-hydrogen) atoms. The highest BCUT2D eigenvalue weighted by molar-refractivity contribution is 9.10. The van der Waals surface area contributed by atoms with E-state index in [1.165, 1.54) is 35.7 Å². The molecule has 0 heterocycles. The molecule has 0 unspecified atom stereocenters. The van der Waals surface area contributed by atoms with Crippen molar-refractivity contribution in [1.29, 1.82) is 0 Å². The molecule has 0 bridgehead atoms. The average Bonchev–Trinajstić information content (AvgIpc) is 2.09. The van der Waals surface area contributed by atoms with Crippen LogP contribution in [0.3, 0.4) is 0 Å². The molecule has 0 aliphatic heterocycles. The first kappa shape index (κ1) is 9.79. The number of aryl methyl sites for hydroxylation is 1. The van der Waals surface area contributed by atoms with Crippen LogP contribution in [-0.4, -0.2) is 0 Å². The lowest BCUT2D eigenvalue weighted by Crippen LogP contribution is -1.83. The van der Waals surface area contributed by atoms with E-state index in [9.17, 15) is 0 Å². The highest BCUT2D eigenvalue weighted by atomic mass is 79.9. The first-order valence-corrected chi connectivity index (χ1v) is 5.36. The Hall–Kier alpha value is -0.300. The summed E-state index contributed by atoms with van der Waals surface area (Å²) < 4.78 is 1.17. The van der Waals surface area contributed by atoms with E-state index in [4.69, 9.17) is 0 Å². The Morgan fingerprint density at radius 3 is 2.33 bits per heavy atom. The van der Waals surface area contributed by atoms with Crippen LogP contribution in [0.5, 0.6) is 0 Å². The van der Waals surface area contributed by atoms with E-state index in [2.05, 4.69) is 47.1 Å². The standard InChI is InChI=1S/C11H15Br/c1-2-3-4-5-10-6-8-11(12)9-7-10/h6-9H,2-5H2,1H3. The summed E-state index contributed by atoms with van der Waals surface area (Å²) in [5.41, 5.74) is 1.45. The molecule has 1 heteroatoms. The van der Waals surface area contributed by atoms with Crippen molar-refractivity contribution in [3.8, 4) is 0 Å². The van der Waals surface area contributed by atoms with E-state index in [0.717, 1.165) is 0 Å². The van der Waals surface area contributed by atoms with E-state index in [-0.39, 0.29) is 0 Å². The molecule has 0 fully saturated rings. The van der Waals surface area contributed by atoms with Crippen LogP contribution in [0.2, 0.25) is 0 Å². The largest absolute Gasteiger partial charge is 0.0654 e. The number of hydrogen-bond acceptors (Lipinski definition) is 0. The van der Waals surface area contributed by atoms with Gasteiger partial charge in [0.1, 0.15) is 0 Å². The van der Waals surface area contributed by atoms with E-state index in [1.807, 2.05) is 0 Å². The maximum atomic E-state index is 3.43. The van der Waals surface area contributed by atoms with Crippen molar-refractivity contribution in [3.05, 3.63) is 34.3 Å². The summed E-state index contributed by atoms with van der Waals surface area (Å²) in [6.07, 6.45) is 5.19. The summed E-state index contributed by atoms with van der Waals surface area (Å²) >= 11 is 3.43. The van der Waals surface area contributed by atoms with Crippen LogP contribution in [0.15, 0.2) is 28.7 Å². The van der Waals surface area contributed by atoms with Crippen LogP contribution in [0.4, 0.5) is 0 Å². The fourth-order valence-electron chi connectivity index (χ4n) is 1.23. The Morgan fingerprint density at radius 1 is 1.08 bits per heavy atom. The van der Waals surface area contributed by atoms with Gasteiger partial charge in [-0.25, -0.2) is 0 Å². The van der Waals surface area contributed by atoms with Gasteiger partial charge in [0.15, 0.2) is 0 Å². The molecule has 0 spiro atoms. The quantitative estimate of drug-likeness (QED) is 0.677. The van der Waals surface area contributed by atoms with Crippen molar-refractivity contribution in [2.75, 3.05) is 0 Å². The zero-order valence-corrected chi connectivity index (χ0v) is 9.10. The van der Waals surface area contributed by atoms with Gasteiger partial charge in [-0.3, -0.25) is 0 Å². The highest BCUT2D eigenvalue weighted by Gasteiger charge is 1.92. The van der Waals surface area contributed by atoms with Crippen molar-refractivity contribution in [1.82, 2.24) is 0 Å². The van der Waals surface area contributed by atoms with Gasteiger partial charge in [-0.1, -0.05) is 47.8 Å². The van der Waals surface area contributed by atoms with Crippen molar-refractivity contribution in [3.63, 3.8) is 0 Å². The molecule has 1 aromatic rings. The maximum absolute atomic E-state index is 3.43. The van der Waals surface area contributed by atoms with Gasteiger partial charge in [0.2, 0.25) is 0 Å². The van der Waals surface area contributed by atoms with E-state index < -0.39 is 0 Å². The summed E-state index contributed by atoms with van der Waals surface area (Å²) in [7, 11) is 0. The van der Waals surface area contributed by atoms with Crippen LogP contribution in [0.1, 0.15) is 31.7 Å². The minimum absolute atomic E-state index is 1.17. The number of hydrogen-bond donors (Lipinski definition) is 0. The number of halogens is 1. The molecule has 0 radical (unpaired) electrons. The summed E-state index contributed by atoms with van der Waals surface area (Å²) in [6, 6.07) is 8.61. The van der Waals surface area contributed by atoms with Crippen LogP contribution in [0, 0.1) is 0 Å². The Labute approximate surface area is 83.1 Å². The normalized spacial score (nSPS) is 10.2.